The van der Waals surface area contributed by atoms with Crippen molar-refractivity contribution < 1.29 is 9.90 Å². The van der Waals surface area contributed by atoms with Gasteiger partial charge in [-0.2, -0.15) is 15.4 Å². The first-order valence-corrected chi connectivity index (χ1v) is 5.65. The van der Waals surface area contributed by atoms with Crippen molar-refractivity contribution in [1.29, 1.82) is 0 Å². The van der Waals surface area contributed by atoms with Gasteiger partial charge in [-0.25, -0.2) is 0 Å². The van der Waals surface area contributed by atoms with Crippen molar-refractivity contribution in [2.45, 2.75) is 0 Å². The minimum Gasteiger partial charge on any atom is -0.384 e. The van der Waals surface area contributed by atoms with Gasteiger partial charge in [0.05, 0.1) is 11.9 Å². The van der Waals surface area contributed by atoms with Gasteiger partial charge < -0.3 is 10.4 Å². The lowest BCUT2D eigenvalue weighted by atomic mass is 10.1. The van der Waals surface area contributed by atoms with Gasteiger partial charge in [0.15, 0.2) is 5.69 Å². The maximum absolute atomic E-state index is 11.8. The van der Waals surface area contributed by atoms with Crippen LogP contribution in [0.2, 0.25) is 5.02 Å². The van der Waals surface area contributed by atoms with Crippen LogP contribution in [0.25, 0.3) is 0 Å². The molecule has 1 aromatic carbocycles. The lowest BCUT2D eigenvalue weighted by molar-refractivity contribution is 0.102. The summed E-state index contributed by atoms with van der Waals surface area (Å²) in [7, 11) is 0. The van der Waals surface area contributed by atoms with Crippen LogP contribution in [0.5, 0.6) is 0 Å². The van der Waals surface area contributed by atoms with Gasteiger partial charge in [-0.3, -0.25) is 4.79 Å². The number of benzene rings is 1. The van der Waals surface area contributed by atoms with Gasteiger partial charge in [0, 0.05) is 10.6 Å². The molecule has 6 nitrogen and oxygen atoms in total. The van der Waals surface area contributed by atoms with E-state index in [1.165, 1.54) is 6.20 Å². The van der Waals surface area contributed by atoms with Crippen molar-refractivity contribution in [1.82, 2.24) is 15.4 Å². The van der Waals surface area contributed by atoms with Gasteiger partial charge >= 0.3 is 0 Å². The number of aliphatic hydroxyl groups is 1. The van der Waals surface area contributed by atoms with Crippen LogP contribution in [0.15, 0.2) is 24.4 Å². The molecular formula is C12H9ClN4O2. The Labute approximate surface area is 113 Å². The summed E-state index contributed by atoms with van der Waals surface area (Å²) >= 11 is 5.86. The minimum atomic E-state index is -0.414. The standard InChI is InChI=1S/C12H9ClN4O2/c13-9-3-4-10(8(6-9)2-1-5-18)15-12(19)11-7-14-17-16-11/h3-4,6-7,18H,5H2,(H,15,19)(H,14,16,17). The number of nitrogens with zero attached hydrogens (tertiary/aromatic N) is 2. The summed E-state index contributed by atoms with van der Waals surface area (Å²) in [5.74, 6) is 4.80. The van der Waals surface area contributed by atoms with E-state index in [4.69, 9.17) is 16.7 Å². The summed E-state index contributed by atoms with van der Waals surface area (Å²) in [4.78, 5) is 11.8. The molecule has 0 atom stereocenters. The normalized spacial score (nSPS) is 9.58. The summed E-state index contributed by atoms with van der Waals surface area (Å²) in [6.45, 7) is -0.275. The van der Waals surface area contributed by atoms with Crippen LogP contribution in [-0.2, 0) is 0 Å². The van der Waals surface area contributed by atoms with E-state index < -0.39 is 5.91 Å². The zero-order valence-electron chi connectivity index (χ0n) is 9.64. The quantitative estimate of drug-likeness (QED) is 0.715. The van der Waals surface area contributed by atoms with Crippen molar-refractivity contribution in [3.05, 3.63) is 40.7 Å². The average Bonchev–Trinajstić information content (AvgIpc) is 2.93. The van der Waals surface area contributed by atoms with E-state index in [0.29, 0.717) is 16.3 Å². The fourth-order valence-electron chi connectivity index (χ4n) is 1.36. The third-order valence-corrected chi connectivity index (χ3v) is 2.41. The molecule has 2 aromatic rings. The van der Waals surface area contributed by atoms with E-state index in [9.17, 15) is 4.79 Å². The monoisotopic (exact) mass is 276 g/mol. The predicted octanol–water partition coefficient (Wildman–Crippen LogP) is 1.05. The van der Waals surface area contributed by atoms with Gasteiger partial charge in [-0.15, -0.1) is 0 Å². The molecule has 0 aliphatic carbocycles. The van der Waals surface area contributed by atoms with Gasteiger partial charge in [0.25, 0.3) is 5.91 Å². The molecule has 0 bridgehead atoms. The van der Waals surface area contributed by atoms with Gasteiger partial charge in [-0.1, -0.05) is 23.4 Å². The first kappa shape index (κ1) is 13.1. The zero-order valence-corrected chi connectivity index (χ0v) is 10.4. The van der Waals surface area contributed by atoms with Crippen molar-refractivity contribution in [2.75, 3.05) is 11.9 Å². The molecule has 1 aromatic heterocycles. The Bertz CT molecular complexity index is 643. The molecule has 2 rings (SSSR count). The number of amides is 1. The molecule has 0 saturated heterocycles. The molecule has 1 amide bonds. The smallest absolute Gasteiger partial charge is 0.277 e. The van der Waals surface area contributed by atoms with E-state index in [-0.39, 0.29) is 12.3 Å². The topological polar surface area (TPSA) is 90.9 Å². The van der Waals surface area contributed by atoms with E-state index in [2.05, 4.69) is 32.6 Å². The molecule has 7 heteroatoms. The summed E-state index contributed by atoms with van der Waals surface area (Å²) < 4.78 is 0. The third-order valence-electron chi connectivity index (χ3n) is 2.18. The number of aromatic amines is 1. The second-order valence-corrected chi connectivity index (χ2v) is 3.90. The van der Waals surface area contributed by atoms with Crippen LogP contribution in [-0.4, -0.2) is 33.0 Å². The van der Waals surface area contributed by atoms with Crippen LogP contribution in [0.4, 0.5) is 5.69 Å². The molecule has 0 spiro atoms. The number of hydrogen-bond acceptors (Lipinski definition) is 4. The van der Waals surface area contributed by atoms with E-state index in [0.717, 1.165) is 0 Å². The number of rotatable bonds is 2. The fourth-order valence-corrected chi connectivity index (χ4v) is 1.53. The molecule has 0 unspecified atom stereocenters. The molecule has 0 radical (unpaired) electrons. The zero-order chi connectivity index (χ0) is 13.7. The second kappa shape index (κ2) is 6.00. The number of aromatic nitrogens is 3. The number of halogens is 1. The Morgan fingerprint density at radius 1 is 1.53 bits per heavy atom. The molecular weight excluding hydrogens is 268 g/mol. The highest BCUT2D eigenvalue weighted by Crippen LogP contribution is 2.20. The number of nitrogens with one attached hydrogen (secondary N) is 2. The predicted molar refractivity (Wildman–Crippen MR) is 69.8 cm³/mol. The maximum Gasteiger partial charge on any atom is 0.277 e. The second-order valence-electron chi connectivity index (χ2n) is 3.46. The van der Waals surface area contributed by atoms with Gasteiger partial charge in [0.2, 0.25) is 0 Å². The minimum absolute atomic E-state index is 0.163. The molecule has 0 aliphatic rings. The third kappa shape index (κ3) is 3.31. The van der Waals surface area contributed by atoms with Gasteiger partial charge in [-0.05, 0) is 18.2 Å². The number of carbonyl (C=O) groups is 1. The van der Waals surface area contributed by atoms with E-state index in [1.807, 2.05) is 0 Å². The Balaban J connectivity index is 2.27. The van der Waals surface area contributed by atoms with Crippen LogP contribution < -0.4 is 5.32 Å². The van der Waals surface area contributed by atoms with E-state index >= 15 is 0 Å². The van der Waals surface area contributed by atoms with Crippen LogP contribution in [0.1, 0.15) is 16.1 Å². The van der Waals surface area contributed by atoms with Gasteiger partial charge in [0.1, 0.15) is 6.61 Å². The van der Waals surface area contributed by atoms with Crippen molar-refractivity contribution >= 4 is 23.2 Å². The highest BCUT2D eigenvalue weighted by molar-refractivity contribution is 6.30. The molecule has 3 N–H and O–H groups in total. The summed E-state index contributed by atoms with van der Waals surface area (Å²) in [5.41, 5.74) is 1.16. The maximum atomic E-state index is 11.8. The van der Waals surface area contributed by atoms with Crippen LogP contribution in [0, 0.1) is 11.8 Å². The van der Waals surface area contributed by atoms with Crippen molar-refractivity contribution in [2.24, 2.45) is 0 Å². The summed E-state index contributed by atoms with van der Waals surface area (Å²) in [6.07, 6.45) is 1.31. The Hall–Kier alpha value is -2.36. The largest absolute Gasteiger partial charge is 0.384 e. The van der Waals surface area contributed by atoms with Crippen molar-refractivity contribution in [3.8, 4) is 11.8 Å². The highest BCUT2D eigenvalue weighted by Gasteiger charge is 2.11. The molecule has 96 valence electrons. The Kier molecular flexibility index (Phi) is 4.13. The lowest BCUT2D eigenvalue weighted by Crippen LogP contribution is -2.13. The SMILES string of the molecule is O=C(Nc1ccc(Cl)cc1C#CCO)c1cn[nH]n1. The molecule has 1 heterocycles. The van der Waals surface area contributed by atoms with E-state index in [1.54, 1.807) is 18.2 Å². The number of anilines is 1. The molecule has 0 aliphatic heterocycles. The molecule has 0 saturated carbocycles. The number of hydrogen-bond donors (Lipinski definition) is 3. The first-order chi connectivity index (χ1) is 9.20. The van der Waals surface area contributed by atoms with Crippen LogP contribution in [0.3, 0.4) is 0 Å². The van der Waals surface area contributed by atoms with Crippen LogP contribution >= 0.6 is 11.6 Å². The fraction of sp³-hybridized carbons (Fsp3) is 0.0833. The summed E-state index contributed by atoms with van der Waals surface area (Å²) in [5, 5.41) is 21.4. The number of H-pyrrole nitrogens is 1. The first-order valence-electron chi connectivity index (χ1n) is 5.27. The Morgan fingerprint density at radius 2 is 2.37 bits per heavy atom. The number of aliphatic hydroxyl groups excluding tert-OH is 1. The highest BCUT2D eigenvalue weighted by atomic mass is 35.5. The molecule has 19 heavy (non-hydrogen) atoms. The average molecular weight is 277 g/mol. The van der Waals surface area contributed by atoms with Crippen molar-refractivity contribution in [3.63, 3.8) is 0 Å². The number of carbonyl (C=O) groups excluding carboxylic acids is 1. The molecule has 0 fully saturated rings. The Morgan fingerprint density at radius 3 is 3.05 bits per heavy atom. The lowest BCUT2D eigenvalue weighted by Gasteiger charge is -2.06. The summed E-state index contributed by atoms with van der Waals surface area (Å²) in [6, 6.07) is 4.86.